The fourth-order valence-corrected chi connectivity index (χ4v) is 0.433. The minimum Gasteiger partial charge on any atom is -0.412 e. The van der Waals surface area contributed by atoms with Crippen molar-refractivity contribution in [1.29, 1.82) is 0 Å². The van der Waals surface area contributed by atoms with Gasteiger partial charge in [0.2, 0.25) is 0 Å². The molecule has 0 unspecified atom stereocenters. The lowest BCUT2D eigenvalue weighted by Crippen LogP contribution is -1.64. The van der Waals surface area contributed by atoms with Gasteiger partial charge in [-0.2, -0.15) is 0 Å². The van der Waals surface area contributed by atoms with Crippen molar-refractivity contribution in [3.8, 4) is 0 Å². The summed E-state index contributed by atoms with van der Waals surface area (Å²) in [4.78, 5) is 0. The van der Waals surface area contributed by atoms with E-state index in [0.29, 0.717) is 0 Å². The molecule has 0 heterocycles. The van der Waals surface area contributed by atoms with Gasteiger partial charge in [0, 0.05) is 0 Å². The van der Waals surface area contributed by atoms with Crippen molar-refractivity contribution < 1.29 is 5.48 Å². The molecule has 0 bridgehead atoms. The smallest absolute Gasteiger partial charge is 0.0351 e. The molecule has 1 heteroatoms. The molecule has 0 amide bonds. The summed E-state index contributed by atoms with van der Waals surface area (Å²) >= 11 is 0. The zero-order chi connectivity index (χ0) is 5.70. The van der Waals surface area contributed by atoms with Crippen LogP contribution in [0.4, 0.5) is 0 Å². The molecule has 0 aliphatic heterocycles. The van der Waals surface area contributed by atoms with E-state index in [1.54, 1.807) is 0 Å². The van der Waals surface area contributed by atoms with Crippen LogP contribution in [-0.4, -0.2) is 5.48 Å². The highest BCUT2D eigenvalue weighted by Crippen LogP contribution is 1.94. The number of unbranched alkanes of at least 4 members (excludes halogenated alkanes) is 1. The molecule has 0 saturated heterocycles. The van der Waals surface area contributed by atoms with Gasteiger partial charge in [-0.05, 0) is 20.3 Å². The van der Waals surface area contributed by atoms with Gasteiger partial charge in [-0.1, -0.05) is 25.0 Å². The first-order valence-corrected chi connectivity index (χ1v) is 2.90. The van der Waals surface area contributed by atoms with Crippen molar-refractivity contribution in [3.05, 3.63) is 11.6 Å². The van der Waals surface area contributed by atoms with Gasteiger partial charge >= 0.3 is 0 Å². The summed E-state index contributed by atoms with van der Waals surface area (Å²) in [7, 11) is 0. The predicted molar refractivity (Wildman–Crippen MR) is 38.0 cm³/mol. The molecule has 0 rings (SSSR count). The second-order valence-corrected chi connectivity index (χ2v) is 2.07. The summed E-state index contributed by atoms with van der Waals surface area (Å²) in [5.41, 5.74) is 1.43. The Morgan fingerprint density at radius 1 is 1.38 bits per heavy atom. The molecule has 0 radical (unpaired) electrons. The molecule has 0 aromatic heterocycles. The van der Waals surface area contributed by atoms with Gasteiger partial charge in [-0.3, -0.25) is 0 Å². The molecule has 0 fully saturated rings. The van der Waals surface area contributed by atoms with Crippen LogP contribution >= 0.6 is 0 Å². The number of allylic oxidation sites excluding steroid dienone is 2. The van der Waals surface area contributed by atoms with Crippen molar-refractivity contribution >= 4 is 0 Å². The summed E-state index contributed by atoms with van der Waals surface area (Å²) in [5.74, 6) is 0. The minimum absolute atomic E-state index is 0. The normalized spacial score (nSPS) is 7.38. The number of rotatable bonds is 2. The van der Waals surface area contributed by atoms with Gasteiger partial charge in [0.05, 0.1) is 0 Å². The number of hydrogen-bond acceptors (Lipinski definition) is 0. The van der Waals surface area contributed by atoms with E-state index in [0.717, 1.165) is 0 Å². The molecule has 2 N–H and O–H groups in total. The average molecular weight is 116 g/mol. The van der Waals surface area contributed by atoms with Crippen LogP contribution in [0.1, 0.15) is 33.6 Å². The fourth-order valence-electron chi connectivity index (χ4n) is 0.433. The molecular formula is C7H16O. The van der Waals surface area contributed by atoms with Crippen LogP contribution in [0.5, 0.6) is 0 Å². The molecule has 0 saturated carbocycles. The van der Waals surface area contributed by atoms with E-state index in [1.165, 1.54) is 18.4 Å². The monoisotopic (exact) mass is 116 g/mol. The van der Waals surface area contributed by atoms with Crippen LogP contribution < -0.4 is 0 Å². The maximum absolute atomic E-state index is 2.26. The second-order valence-electron chi connectivity index (χ2n) is 2.07. The quantitative estimate of drug-likeness (QED) is 0.494. The molecule has 50 valence electrons. The highest BCUT2D eigenvalue weighted by Gasteiger charge is 1.73. The van der Waals surface area contributed by atoms with Crippen molar-refractivity contribution in [1.82, 2.24) is 0 Å². The van der Waals surface area contributed by atoms with Gasteiger partial charge < -0.3 is 5.48 Å². The zero-order valence-electron chi connectivity index (χ0n) is 5.99. The summed E-state index contributed by atoms with van der Waals surface area (Å²) < 4.78 is 0. The van der Waals surface area contributed by atoms with Crippen molar-refractivity contribution in [2.45, 2.75) is 33.6 Å². The van der Waals surface area contributed by atoms with E-state index in [-0.39, 0.29) is 5.48 Å². The van der Waals surface area contributed by atoms with Crippen molar-refractivity contribution in [3.63, 3.8) is 0 Å². The van der Waals surface area contributed by atoms with Gasteiger partial charge in [0.25, 0.3) is 0 Å². The van der Waals surface area contributed by atoms with E-state index in [2.05, 4.69) is 26.8 Å². The molecule has 0 aromatic carbocycles. The SMILES string of the molecule is CCCC=C(C)C.O. The Kier molecular flexibility index (Phi) is 8.91. The van der Waals surface area contributed by atoms with Gasteiger partial charge in [-0.25, -0.2) is 0 Å². The van der Waals surface area contributed by atoms with Crippen molar-refractivity contribution in [2.75, 3.05) is 0 Å². The molecule has 0 aliphatic rings. The first-order valence-electron chi connectivity index (χ1n) is 2.90. The highest BCUT2D eigenvalue weighted by molar-refractivity contribution is 4.92. The van der Waals surface area contributed by atoms with E-state index in [1.807, 2.05) is 0 Å². The Bertz CT molecular complexity index is 60.8. The minimum atomic E-state index is 0. The van der Waals surface area contributed by atoms with Gasteiger partial charge in [0.15, 0.2) is 0 Å². The third kappa shape index (κ3) is 9.20. The fraction of sp³-hybridized carbons (Fsp3) is 0.714. The Morgan fingerprint density at radius 2 is 1.88 bits per heavy atom. The Labute approximate surface area is 51.7 Å². The van der Waals surface area contributed by atoms with E-state index < -0.39 is 0 Å². The molecule has 8 heavy (non-hydrogen) atoms. The third-order valence-electron chi connectivity index (χ3n) is 0.841. The van der Waals surface area contributed by atoms with Crippen LogP contribution in [-0.2, 0) is 0 Å². The largest absolute Gasteiger partial charge is 0.412 e. The van der Waals surface area contributed by atoms with E-state index >= 15 is 0 Å². The van der Waals surface area contributed by atoms with Crippen LogP contribution in [0.2, 0.25) is 0 Å². The molecular weight excluding hydrogens is 100 g/mol. The average Bonchev–Trinajstić information content (AvgIpc) is 1.61. The summed E-state index contributed by atoms with van der Waals surface area (Å²) in [5, 5.41) is 0. The highest BCUT2D eigenvalue weighted by atomic mass is 16.0. The predicted octanol–water partition coefficient (Wildman–Crippen LogP) is 1.93. The molecule has 0 atom stereocenters. The molecule has 0 aromatic rings. The first-order chi connectivity index (χ1) is 3.27. The van der Waals surface area contributed by atoms with E-state index in [9.17, 15) is 0 Å². The van der Waals surface area contributed by atoms with E-state index in [4.69, 9.17) is 0 Å². The lowest BCUT2D eigenvalue weighted by Gasteiger charge is -1.85. The Hall–Kier alpha value is -0.300. The Morgan fingerprint density at radius 3 is 2.00 bits per heavy atom. The van der Waals surface area contributed by atoms with Crippen LogP contribution in [0.3, 0.4) is 0 Å². The zero-order valence-corrected chi connectivity index (χ0v) is 5.99. The first kappa shape index (κ1) is 10.6. The van der Waals surface area contributed by atoms with Crippen LogP contribution in [0.15, 0.2) is 11.6 Å². The molecule has 0 aliphatic carbocycles. The van der Waals surface area contributed by atoms with Crippen LogP contribution in [0, 0.1) is 0 Å². The maximum atomic E-state index is 2.26. The lowest BCUT2D eigenvalue weighted by atomic mass is 10.2. The topological polar surface area (TPSA) is 31.5 Å². The third-order valence-corrected chi connectivity index (χ3v) is 0.841. The summed E-state index contributed by atoms with van der Waals surface area (Å²) in [6.07, 6.45) is 4.77. The lowest BCUT2D eigenvalue weighted by molar-refractivity contribution is 0.824. The van der Waals surface area contributed by atoms with Crippen LogP contribution in [0.25, 0.3) is 0 Å². The second kappa shape index (κ2) is 6.70. The standard InChI is InChI=1S/C7H14.H2O/c1-4-5-6-7(2)3;/h6H,4-5H2,1-3H3;1H2. The number of hydrogen-bond donors (Lipinski definition) is 0. The molecule has 0 spiro atoms. The molecule has 1 nitrogen and oxygen atoms in total. The maximum Gasteiger partial charge on any atom is -0.0351 e. The van der Waals surface area contributed by atoms with Crippen molar-refractivity contribution in [2.24, 2.45) is 0 Å². The summed E-state index contributed by atoms with van der Waals surface area (Å²) in [6, 6.07) is 0. The van der Waals surface area contributed by atoms with Gasteiger partial charge in [-0.15, -0.1) is 0 Å². The summed E-state index contributed by atoms with van der Waals surface area (Å²) in [6.45, 7) is 6.46. The van der Waals surface area contributed by atoms with Gasteiger partial charge in [0.1, 0.15) is 0 Å². The Balaban J connectivity index is 0.